The summed E-state index contributed by atoms with van der Waals surface area (Å²) in [7, 11) is 0. The van der Waals surface area contributed by atoms with Crippen LogP contribution < -0.4 is 0 Å². The number of hydrogen-bond acceptors (Lipinski definition) is 2. The molecule has 0 saturated heterocycles. The van der Waals surface area contributed by atoms with Crippen LogP contribution in [0.4, 0.5) is 0 Å². The van der Waals surface area contributed by atoms with Crippen molar-refractivity contribution in [2.45, 2.75) is 25.0 Å². The Morgan fingerprint density at radius 2 is 2.11 bits per heavy atom. The van der Waals surface area contributed by atoms with Crippen LogP contribution >= 0.6 is 11.8 Å². The minimum Gasteiger partial charge on any atom is -0.481 e. The second-order valence-electron chi connectivity index (χ2n) is 2.53. The molecule has 0 amide bonds. The molecule has 0 aliphatic heterocycles. The smallest absolute Gasteiger partial charge is 0.304 e. The van der Waals surface area contributed by atoms with Gasteiger partial charge >= 0.3 is 5.97 Å². The summed E-state index contributed by atoms with van der Waals surface area (Å²) >= 11 is 1.57. The lowest BCUT2D eigenvalue weighted by Gasteiger charge is -2.18. The van der Waals surface area contributed by atoms with Crippen LogP contribution in [-0.2, 0) is 4.79 Å². The summed E-state index contributed by atoms with van der Waals surface area (Å²) in [5, 5.41) is 8.37. The molecule has 1 N–H and O–H groups in total. The van der Waals surface area contributed by atoms with E-state index in [-0.39, 0.29) is 11.2 Å². The third kappa shape index (κ3) is 4.33. The average Bonchev–Trinajstić information content (AvgIpc) is 1.63. The largest absolute Gasteiger partial charge is 0.481 e. The van der Waals surface area contributed by atoms with Gasteiger partial charge in [0.25, 0.3) is 0 Å². The molecule has 0 radical (unpaired) electrons. The van der Waals surface area contributed by atoms with Gasteiger partial charge in [0.05, 0.1) is 6.42 Å². The van der Waals surface area contributed by atoms with E-state index in [4.69, 9.17) is 5.11 Å². The Hall–Kier alpha value is -0.180. The molecule has 0 aromatic heterocycles. The third-order valence-electron chi connectivity index (χ3n) is 1.13. The van der Waals surface area contributed by atoms with Crippen LogP contribution in [0.3, 0.4) is 0 Å². The first kappa shape index (κ1) is 8.82. The minimum atomic E-state index is -0.727. The third-order valence-corrected chi connectivity index (χ3v) is 2.38. The highest BCUT2D eigenvalue weighted by Crippen LogP contribution is 2.24. The van der Waals surface area contributed by atoms with E-state index in [2.05, 4.69) is 0 Å². The number of carbonyl (C=O) groups is 1. The van der Waals surface area contributed by atoms with Gasteiger partial charge in [0.1, 0.15) is 0 Å². The molecule has 9 heavy (non-hydrogen) atoms. The molecule has 3 heteroatoms. The molecule has 0 aliphatic carbocycles. The van der Waals surface area contributed by atoms with E-state index >= 15 is 0 Å². The first-order valence-corrected chi connectivity index (χ1v) is 3.97. The molecule has 0 unspecified atom stereocenters. The maximum absolute atomic E-state index is 10.2. The van der Waals surface area contributed by atoms with Crippen molar-refractivity contribution in [2.75, 3.05) is 6.26 Å². The SMILES string of the molecule is CSC(C)(C)CC(=O)O. The van der Waals surface area contributed by atoms with Crippen LogP contribution in [0, 0.1) is 0 Å². The van der Waals surface area contributed by atoms with Crippen molar-refractivity contribution in [3.05, 3.63) is 0 Å². The number of carboxylic acid groups (broad SMARTS) is 1. The zero-order valence-corrected chi connectivity index (χ0v) is 6.79. The molecule has 0 spiro atoms. The maximum Gasteiger partial charge on any atom is 0.304 e. The van der Waals surface area contributed by atoms with Crippen LogP contribution in [0.15, 0.2) is 0 Å². The summed E-state index contributed by atoms with van der Waals surface area (Å²) in [6, 6.07) is 0. The van der Waals surface area contributed by atoms with Crippen LogP contribution in [0.1, 0.15) is 20.3 Å². The molecule has 2 nitrogen and oxygen atoms in total. The Balaban J connectivity index is 3.71. The van der Waals surface area contributed by atoms with Crippen molar-refractivity contribution in [1.29, 1.82) is 0 Å². The minimum absolute atomic E-state index is 0.119. The molecule has 0 aliphatic rings. The normalized spacial score (nSPS) is 11.4. The fraction of sp³-hybridized carbons (Fsp3) is 0.833. The summed E-state index contributed by atoms with van der Waals surface area (Å²) < 4.78 is -0.119. The first-order chi connectivity index (χ1) is 3.98. The van der Waals surface area contributed by atoms with Crippen LogP contribution in [0.2, 0.25) is 0 Å². The van der Waals surface area contributed by atoms with Gasteiger partial charge in [-0.15, -0.1) is 0 Å². The molecule has 0 atom stereocenters. The van der Waals surface area contributed by atoms with Gasteiger partial charge in [-0.1, -0.05) is 13.8 Å². The van der Waals surface area contributed by atoms with Gasteiger partial charge < -0.3 is 5.11 Å². The lowest BCUT2D eigenvalue weighted by molar-refractivity contribution is -0.137. The number of thioether (sulfide) groups is 1. The fourth-order valence-electron chi connectivity index (χ4n) is 0.436. The molecule has 0 bridgehead atoms. The van der Waals surface area contributed by atoms with E-state index < -0.39 is 5.97 Å². The Bertz CT molecular complexity index is 110. The molecule has 0 fully saturated rings. The number of rotatable bonds is 3. The average molecular weight is 148 g/mol. The molecule has 0 heterocycles. The zero-order valence-electron chi connectivity index (χ0n) is 5.97. The molecular formula is C6H12O2S. The van der Waals surface area contributed by atoms with Crippen LogP contribution in [-0.4, -0.2) is 22.1 Å². The van der Waals surface area contributed by atoms with Crippen molar-refractivity contribution >= 4 is 17.7 Å². The Labute approximate surface area is 59.6 Å². The highest BCUT2D eigenvalue weighted by molar-refractivity contribution is 7.99. The predicted octanol–water partition coefficient (Wildman–Crippen LogP) is 1.60. The number of aliphatic carboxylic acids is 1. The van der Waals surface area contributed by atoms with Crippen LogP contribution in [0.5, 0.6) is 0 Å². The van der Waals surface area contributed by atoms with Gasteiger partial charge in [-0.2, -0.15) is 11.8 Å². The molecule has 0 aromatic carbocycles. The number of hydrogen-bond donors (Lipinski definition) is 1. The second-order valence-corrected chi connectivity index (χ2v) is 4.05. The highest BCUT2D eigenvalue weighted by atomic mass is 32.2. The van der Waals surface area contributed by atoms with Gasteiger partial charge in [0.2, 0.25) is 0 Å². The predicted molar refractivity (Wildman–Crippen MR) is 39.8 cm³/mol. The zero-order chi connectivity index (χ0) is 7.49. The Kier molecular flexibility index (Phi) is 3.04. The van der Waals surface area contributed by atoms with Crippen molar-refractivity contribution in [3.8, 4) is 0 Å². The maximum atomic E-state index is 10.2. The summed E-state index contributed by atoms with van der Waals surface area (Å²) in [5.74, 6) is -0.727. The van der Waals surface area contributed by atoms with Gasteiger partial charge in [-0.05, 0) is 6.26 Å². The molecule has 0 saturated carbocycles. The topological polar surface area (TPSA) is 37.3 Å². The van der Waals surface area contributed by atoms with E-state index in [9.17, 15) is 4.79 Å². The van der Waals surface area contributed by atoms with Gasteiger partial charge in [-0.3, -0.25) is 4.79 Å². The van der Waals surface area contributed by atoms with Gasteiger partial charge in [-0.25, -0.2) is 0 Å². The highest BCUT2D eigenvalue weighted by Gasteiger charge is 2.19. The lowest BCUT2D eigenvalue weighted by Crippen LogP contribution is -2.18. The van der Waals surface area contributed by atoms with E-state index in [0.29, 0.717) is 0 Å². The van der Waals surface area contributed by atoms with Crippen molar-refractivity contribution in [1.82, 2.24) is 0 Å². The van der Waals surface area contributed by atoms with E-state index in [1.165, 1.54) is 0 Å². The molecule has 0 aromatic rings. The van der Waals surface area contributed by atoms with Gasteiger partial charge in [0, 0.05) is 4.75 Å². The van der Waals surface area contributed by atoms with E-state index in [1.54, 1.807) is 11.8 Å². The van der Waals surface area contributed by atoms with E-state index in [1.807, 2.05) is 20.1 Å². The molecule has 0 rings (SSSR count). The summed E-state index contributed by atoms with van der Waals surface area (Å²) in [6.07, 6.45) is 2.15. The Morgan fingerprint density at radius 1 is 1.67 bits per heavy atom. The second kappa shape index (κ2) is 3.11. The van der Waals surface area contributed by atoms with Crippen molar-refractivity contribution < 1.29 is 9.90 Å². The monoisotopic (exact) mass is 148 g/mol. The van der Waals surface area contributed by atoms with Crippen LogP contribution in [0.25, 0.3) is 0 Å². The first-order valence-electron chi connectivity index (χ1n) is 2.75. The quantitative estimate of drug-likeness (QED) is 0.660. The van der Waals surface area contributed by atoms with Crippen molar-refractivity contribution in [3.63, 3.8) is 0 Å². The van der Waals surface area contributed by atoms with E-state index in [0.717, 1.165) is 0 Å². The Morgan fingerprint density at radius 3 is 2.22 bits per heavy atom. The molecule has 54 valence electrons. The van der Waals surface area contributed by atoms with Crippen molar-refractivity contribution in [2.24, 2.45) is 0 Å². The number of carboxylic acids is 1. The standard InChI is InChI=1S/C6H12O2S/c1-6(2,9-3)4-5(7)8/h4H2,1-3H3,(H,7,8). The summed E-state index contributed by atoms with van der Waals surface area (Å²) in [6.45, 7) is 3.84. The summed E-state index contributed by atoms with van der Waals surface area (Å²) in [4.78, 5) is 10.2. The molecular weight excluding hydrogens is 136 g/mol. The summed E-state index contributed by atoms with van der Waals surface area (Å²) in [5.41, 5.74) is 0. The lowest BCUT2D eigenvalue weighted by atomic mass is 10.1. The van der Waals surface area contributed by atoms with Gasteiger partial charge in [0.15, 0.2) is 0 Å². The fourth-order valence-corrected chi connectivity index (χ4v) is 0.704.